The number of rotatable bonds is 1. The van der Waals surface area contributed by atoms with Gasteiger partial charge in [0.1, 0.15) is 11.4 Å². The fourth-order valence-corrected chi connectivity index (χ4v) is 1.16. The van der Waals surface area contributed by atoms with Gasteiger partial charge in [-0.1, -0.05) is 0 Å². The Hall–Kier alpha value is -1.52. The van der Waals surface area contributed by atoms with Crippen LogP contribution in [0.1, 0.15) is 18.3 Å². The van der Waals surface area contributed by atoms with Crippen LogP contribution in [0.15, 0.2) is 6.33 Å². The Balaban J connectivity index is 0.000000364. The monoisotopic (exact) mass is 200 g/mol. The molecule has 80 valence electrons. The molecule has 0 spiro atoms. The summed E-state index contributed by atoms with van der Waals surface area (Å²) >= 11 is 0. The second-order valence-corrected chi connectivity index (χ2v) is 2.95. The summed E-state index contributed by atoms with van der Waals surface area (Å²) in [5.74, 6) is 0. The van der Waals surface area contributed by atoms with Crippen LogP contribution in [0.3, 0.4) is 0 Å². The third kappa shape index (κ3) is 3.47. The summed E-state index contributed by atoms with van der Waals surface area (Å²) < 4.78 is 4.40. The number of hydrogen-bond donors (Lipinski definition) is 1. The number of nitrogens with zero attached hydrogens (tertiary/aromatic N) is 2. The number of aromatic nitrogens is 2. The van der Waals surface area contributed by atoms with Crippen molar-refractivity contribution in [3.8, 4) is 0 Å². The molecule has 0 radical (unpaired) electrons. The molecule has 0 aliphatic carbocycles. The van der Waals surface area contributed by atoms with Crippen LogP contribution < -0.4 is 9.67 Å². The largest absolute Gasteiger partial charge is 0.565 e. The lowest BCUT2D eigenvalue weighted by molar-refractivity contribution is -0.677. The van der Waals surface area contributed by atoms with Crippen LogP contribution in [0.5, 0.6) is 0 Å². The Kier molecular flexibility index (Phi) is 4.69. The third-order valence-corrected chi connectivity index (χ3v) is 2.14. The van der Waals surface area contributed by atoms with E-state index in [9.17, 15) is 0 Å². The zero-order chi connectivity index (χ0) is 11.3. The average molecular weight is 200 g/mol. The molecule has 0 bridgehead atoms. The molecule has 1 rings (SSSR count). The molecule has 0 fully saturated rings. The van der Waals surface area contributed by atoms with E-state index in [0.29, 0.717) is 0 Å². The molecular formula is C9H16N2O3. The first-order chi connectivity index (χ1) is 6.40. The molecule has 1 aromatic rings. The lowest BCUT2D eigenvalue weighted by Gasteiger charge is -1.88. The Bertz CT molecular complexity index is 314. The van der Waals surface area contributed by atoms with Gasteiger partial charge in [-0.25, -0.2) is 9.13 Å². The highest BCUT2D eigenvalue weighted by molar-refractivity contribution is 5.50. The number of aryl methyl sites for hydroxylation is 2. The molecule has 0 atom stereocenters. The summed E-state index contributed by atoms with van der Waals surface area (Å²) in [5, 5.41) is 15.3. The molecule has 5 heteroatoms. The molecule has 0 aliphatic heterocycles. The van der Waals surface area contributed by atoms with Crippen molar-refractivity contribution >= 4 is 6.16 Å². The zero-order valence-electron chi connectivity index (χ0n) is 8.94. The summed E-state index contributed by atoms with van der Waals surface area (Å²) in [6.07, 6.45) is 0.0463. The van der Waals surface area contributed by atoms with Gasteiger partial charge in [0, 0.05) is 13.8 Å². The molecule has 0 unspecified atom stereocenters. The molecule has 0 amide bonds. The van der Waals surface area contributed by atoms with Crippen LogP contribution in [0.4, 0.5) is 4.79 Å². The zero-order valence-corrected chi connectivity index (χ0v) is 8.94. The second kappa shape index (κ2) is 5.26. The van der Waals surface area contributed by atoms with Crippen molar-refractivity contribution in [3.63, 3.8) is 0 Å². The molecule has 1 N–H and O–H groups in total. The fourth-order valence-electron chi connectivity index (χ4n) is 1.16. The van der Waals surface area contributed by atoms with E-state index in [1.54, 1.807) is 0 Å². The maximum atomic E-state index is 8.44. The standard InChI is InChI=1S/C8H15N2.CH2O3/c1-5-10-6-9(4)7(2)8(10)3;2-1(3)4/h6H,5H2,1-4H3;(H2,2,3,4)/q+1;/p-1. The van der Waals surface area contributed by atoms with Gasteiger partial charge in [0.25, 0.3) is 0 Å². The highest BCUT2D eigenvalue weighted by Gasteiger charge is 2.09. The minimum atomic E-state index is -2.08. The first-order valence-electron chi connectivity index (χ1n) is 4.32. The van der Waals surface area contributed by atoms with Gasteiger partial charge in [-0.05, 0) is 6.92 Å². The summed E-state index contributed by atoms with van der Waals surface area (Å²) in [7, 11) is 2.08. The topological polar surface area (TPSA) is 69.2 Å². The molecule has 0 aliphatic rings. The molecule has 1 aromatic heterocycles. The van der Waals surface area contributed by atoms with Crippen molar-refractivity contribution in [2.24, 2.45) is 7.05 Å². The van der Waals surface area contributed by atoms with E-state index in [2.05, 4.69) is 43.3 Å². The highest BCUT2D eigenvalue weighted by Crippen LogP contribution is 2.00. The van der Waals surface area contributed by atoms with Crippen molar-refractivity contribution < 1.29 is 19.6 Å². The maximum Gasteiger partial charge on any atom is 0.249 e. The quantitative estimate of drug-likeness (QED) is 0.640. The van der Waals surface area contributed by atoms with Crippen LogP contribution in [0.25, 0.3) is 0 Å². The maximum absolute atomic E-state index is 8.44. The summed E-state index contributed by atoms with van der Waals surface area (Å²) in [6.45, 7) is 7.51. The highest BCUT2D eigenvalue weighted by atomic mass is 16.6. The Morgan fingerprint density at radius 1 is 1.64 bits per heavy atom. The van der Waals surface area contributed by atoms with Crippen molar-refractivity contribution in [2.45, 2.75) is 27.3 Å². The Labute approximate surface area is 83.2 Å². The van der Waals surface area contributed by atoms with Crippen LogP contribution >= 0.6 is 0 Å². The number of carbonyl (C=O) groups is 1. The first kappa shape index (κ1) is 12.5. The SMILES string of the molecule is CCn1c[n+](C)c(C)c1C.O=C([O-])O. The van der Waals surface area contributed by atoms with Crippen LogP contribution in [0.2, 0.25) is 0 Å². The van der Waals surface area contributed by atoms with Crippen LogP contribution in [0, 0.1) is 13.8 Å². The lowest BCUT2D eigenvalue weighted by Crippen LogP contribution is -2.28. The summed E-state index contributed by atoms with van der Waals surface area (Å²) in [6, 6.07) is 0. The van der Waals surface area contributed by atoms with Crippen molar-refractivity contribution in [1.29, 1.82) is 0 Å². The van der Waals surface area contributed by atoms with E-state index in [1.165, 1.54) is 11.4 Å². The normalized spacial score (nSPS) is 9.14. The average Bonchev–Trinajstić information content (AvgIpc) is 2.31. The first-order valence-corrected chi connectivity index (χ1v) is 4.32. The Morgan fingerprint density at radius 2 is 2.07 bits per heavy atom. The van der Waals surface area contributed by atoms with Gasteiger partial charge in [-0.3, -0.25) is 0 Å². The summed E-state index contributed by atoms with van der Waals surface area (Å²) in [4.78, 5) is 8.44. The van der Waals surface area contributed by atoms with Crippen LogP contribution in [-0.4, -0.2) is 15.8 Å². The fraction of sp³-hybridized carbons (Fsp3) is 0.556. The van der Waals surface area contributed by atoms with E-state index in [-0.39, 0.29) is 0 Å². The van der Waals surface area contributed by atoms with Gasteiger partial charge in [0.05, 0.1) is 13.6 Å². The minimum Gasteiger partial charge on any atom is -0.565 e. The van der Waals surface area contributed by atoms with E-state index >= 15 is 0 Å². The molecule has 5 nitrogen and oxygen atoms in total. The lowest BCUT2D eigenvalue weighted by atomic mass is 10.4. The van der Waals surface area contributed by atoms with Crippen LogP contribution in [-0.2, 0) is 13.6 Å². The number of carboxylic acid groups (broad SMARTS) is 2. The molecule has 1 heterocycles. The predicted octanol–water partition coefficient (Wildman–Crippen LogP) is -0.163. The Morgan fingerprint density at radius 3 is 2.21 bits per heavy atom. The van der Waals surface area contributed by atoms with Gasteiger partial charge < -0.3 is 15.0 Å². The second-order valence-electron chi connectivity index (χ2n) is 2.95. The van der Waals surface area contributed by atoms with Crippen molar-refractivity contribution in [3.05, 3.63) is 17.7 Å². The molecular weight excluding hydrogens is 184 g/mol. The molecule has 14 heavy (non-hydrogen) atoms. The smallest absolute Gasteiger partial charge is 0.249 e. The third-order valence-electron chi connectivity index (χ3n) is 2.14. The van der Waals surface area contributed by atoms with E-state index in [4.69, 9.17) is 15.0 Å². The number of hydrogen-bond acceptors (Lipinski definition) is 2. The van der Waals surface area contributed by atoms with Crippen molar-refractivity contribution in [2.75, 3.05) is 0 Å². The minimum absolute atomic E-state index is 1.06. The van der Waals surface area contributed by atoms with E-state index in [1.807, 2.05) is 0 Å². The molecule has 0 aromatic carbocycles. The van der Waals surface area contributed by atoms with Crippen molar-refractivity contribution in [1.82, 2.24) is 4.57 Å². The number of imidazole rings is 1. The van der Waals surface area contributed by atoms with Gasteiger partial charge in [-0.15, -0.1) is 0 Å². The molecule has 0 saturated heterocycles. The van der Waals surface area contributed by atoms with Gasteiger partial charge in [0.2, 0.25) is 12.5 Å². The van der Waals surface area contributed by atoms with E-state index < -0.39 is 6.16 Å². The predicted molar refractivity (Wildman–Crippen MR) is 48.8 cm³/mol. The summed E-state index contributed by atoms with van der Waals surface area (Å²) in [5.41, 5.74) is 2.71. The molecule has 0 saturated carbocycles. The van der Waals surface area contributed by atoms with Gasteiger partial charge >= 0.3 is 0 Å². The van der Waals surface area contributed by atoms with Gasteiger partial charge in [-0.2, -0.15) is 0 Å². The van der Waals surface area contributed by atoms with Gasteiger partial charge in [0.15, 0.2) is 0 Å². The van der Waals surface area contributed by atoms with E-state index in [0.717, 1.165) is 6.54 Å².